The van der Waals surface area contributed by atoms with Crippen LogP contribution in [0.5, 0.6) is 0 Å². The van der Waals surface area contributed by atoms with Crippen LogP contribution in [0.25, 0.3) is 5.52 Å². The van der Waals surface area contributed by atoms with Gasteiger partial charge in [-0.25, -0.2) is 0 Å². The normalized spacial score (nSPS) is 10.2. The van der Waals surface area contributed by atoms with E-state index in [1.807, 2.05) is 30.6 Å². The molecule has 2 aromatic heterocycles. The monoisotopic (exact) mass is 118 g/mol. The summed E-state index contributed by atoms with van der Waals surface area (Å²) in [6.45, 7) is 0. The lowest BCUT2D eigenvalue weighted by atomic mass is 10.4. The summed E-state index contributed by atoms with van der Waals surface area (Å²) < 4.78 is 2.08. The molecule has 0 saturated carbocycles. The smallest absolute Gasteiger partial charge is 0.324 e. The summed E-state index contributed by atoms with van der Waals surface area (Å²) in [4.78, 5) is 0. The van der Waals surface area contributed by atoms with Crippen LogP contribution in [0.4, 0.5) is 0 Å². The average molecular weight is 118 g/mol. The summed E-state index contributed by atoms with van der Waals surface area (Å²) in [7, 11) is 0. The van der Waals surface area contributed by atoms with Crippen LogP contribution in [0, 0.1) is 0 Å². The summed E-state index contributed by atoms with van der Waals surface area (Å²) in [6, 6.07) is 10.3. The Morgan fingerprint density at radius 2 is 1.78 bits per heavy atom. The van der Waals surface area contributed by atoms with Crippen LogP contribution >= 0.6 is 0 Å². The first kappa shape index (κ1) is 4.62. The van der Waals surface area contributed by atoms with Gasteiger partial charge in [0.15, 0.2) is 0 Å². The maximum Gasteiger partial charge on any atom is 1.00 e. The van der Waals surface area contributed by atoms with Gasteiger partial charge in [-0.3, -0.25) is 0 Å². The second kappa shape index (κ2) is 1.62. The molecule has 0 aromatic carbocycles. The van der Waals surface area contributed by atoms with Gasteiger partial charge in [0.05, 0.1) is 0 Å². The molecular formula is C8H8N+. The topological polar surface area (TPSA) is 4.41 Å². The second-order valence-electron chi connectivity index (χ2n) is 2.04. The number of aromatic nitrogens is 1. The van der Waals surface area contributed by atoms with Crippen LogP contribution in [-0.4, -0.2) is 4.40 Å². The molecule has 0 fully saturated rings. The van der Waals surface area contributed by atoms with Gasteiger partial charge in [0.1, 0.15) is 0 Å². The van der Waals surface area contributed by atoms with Gasteiger partial charge in [-0.05, 0) is 24.3 Å². The highest BCUT2D eigenvalue weighted by Gasteiger charge is 1.83. The quantitative estimate of drug-likeness (QED) is 0.498. The van der Waals surface area contributed by atoms with Gasteiger partial charge in [0.2, 0.25) is 0 Å². The molecule has 0 atom stereocenters. The lowest BCUT2D eigenvalue weighted by molar-refractivity contribution is 1.20. The summed E-state index contributed by atoms with van der Waals surface area (Å²) in [5, 5.41) is 0. The highest BCUT2D eigenvalue weighted by Crippen LogP contribution is 2.01. The van der Waals surface area contributed by atoms with E-state index in [-0.39, 0.29) is 1.43 Å². The number of hydrogen-bond donors (Lipinski definition) is 0. The minimum Gasteiger partial charge on any atom is -0.324 e. The molecule has 0 N–H and O–H groups in total. The molecule has 0 aliphatic heterocycles. The second-order valence-corrected chi connectivity index (χ2v) is 2.04. The Balaban J connectivity index is 0.000000500. The molecule has 0 radical (unpaired) electrons. The van der Waals surface area contributed by atoms with E-state index in [1.54, 1.807) is 0 Å². The molecule has 2 rings (SSSR count). The standard InChI is InChI=1S/C8H7N/c1-2-6-9-7-3-5-8(9)4-1/h1-7H/p+1. The highest BCUT2D eigenvalue weighted by atomic mass is 14.8. The summed E-state index contributed by atoms with van der Waals surface area (Å²) in [5.41, 5.74) is 1.25. The Labute approximate surface area is 55.0 Å². The van der Waals surface area contributed by atoms with E-state index in [2.05, 4.69) is 16.5 Å². The first-order valence-electron chi connectivity index (χ1n) is 2.98. The predicted octanol–water partition coefficient (Wildman–Crippen LogP) is 2.05. The van der Waals surface area contributed by atoms with E-state index in [1.165, 1.54) is 5.52 Å². The minimum absolute atomic E-state index is 0. The van der Waals surface area contributed by atoms with Gasteiger partial charge in [-0.15, -0.1) is 0 Å². The fourth-order valence-electron chi connectivity index (χ4n) is 0.980. The van der Waals surface area contributed by atoms with Gasteiger partial charge in [0.25, 0.3) is 0 Å². The third-order valence-corrected chi connectivity index (χ3v) is 1.44. The first-order chi connectivity index (χ1) is 4.47. The van der Waals surface area contributed by atoms with Crippen LogP contribution in [0.15, 0.2) is 42.7 Å². The zero-order chi connectivity index (χ0) is 6.10. The molecule has 0 unspecified atom stereocenters. The molecule has 2 heterocycles. The number of hydrogen-bond acceptors (Lipinski definition) is 0. The fraction of sp³-hybridized carbons (Fsp3) is 0. The van der Waals surface area contributed by atoms with E-state index in [0.717, 1.165) is 0 Å². The summed E-state index contributed by atoms with van der Waals surface area (Å²) >= 11 is 0. The number of fused-ring (bicyclic) bond motifs is 1. The lowest BCUT2D eigenvalue weighted by Crippen LogP contribution is -1.75. The summed E-state index contributed by atoms with van der Waals surface area (Å²) in [5.74, 6) is 0. The number of pyridine rings is 1. The van der Waals surface area contributed by atoms with Crippen molar-refractivity contribution in [2.24, 2.45) is 0 Å². The number of nitrogens with zero attached hydrogens (tertiary/aromatic N) is 1. The molecule has 9 heavy (non-hydrogen) atoms. The van der Waals surface area contributed by atoms with Crippen molar-refractivity contribution < 1.29 is 1.43 Å². The highest BCUT2D eigenvalue weighted by molar-refractivity contribution is 5.46. The van der Waals surface area contributed by atoms with Gasteiger partial charge >= 0.3 is 1.43 Å². The van der Waals surface area contributed by atoms with Crippen molar-refractivity contribution in [2.75, 3.05) is 0 Å². The Morgan fingerprint density at radius 1 is 1.00 bits per heavy atom. The minimum atomic E-state index is 0. The van der Waals surface area contributed by atoms with Gasteiger partial charge in [-0.1, -0.05) is 6.07 Å². The van der Waals surface area contributed by atoms with Gasteiger partial charge in [-0.2, -0.15) is 0 Å². The largest absolute Gasteiger partial charge is 1.00 e. The Morgan fingerprint density at radius 3 is 2.67 bits per heavy atom. The Kier molecular flexibility index (Phi) is 0.833. The molecule has 1 nitrogen and oxygen atoms in total. The van der Waals surface area contributed by atoms with Crippen LogP contribution in [0.3, 0.4) is 0 Å². The van der Waals surface area contributed by atoms with Crippen molar-refractivity contribution >= 4 is 5.52 Å². The van der Waals surface area contributed by atoms with Crippen molar-refractivity contribution in [3.8, 4) is 0 Å². The van der Waals surface area contributed by atoms with Crippen molar-refractivity contribution in [3.05, 3.63) is 42.7 Å². The fourth-order valence-corrected chi connectivity index (χ4v) is 0.980. The maximum atomic E-state index is 2.08. The molecule has 1 heteroatoms. The molecular weight excluding hydrogens is 110 g/mol. The van der Waals surface area contributed by atoms with Crippen LogP contribution in [-0.2, 0) is 0 Å². The zero-order valence-electron chi connectivity index (χ0n) is 5.99. The maximum absolute atomic E-state index is 2.08. The summed E-state index contributed by atoms with van der Waals surface area (Å²) in [6.07, 6.45) is 4.07. The molecule has 0 aliphatic carbocycles. The predicted molar refractivity (Wildman–Crippen MR) is 38.5 cm³/mol. The van der Waals surface area contributed by atoms with Gasteiger partial charge in [0, 0.05) is 17.9 Å². The van der Waals surface area contributed by atoms with Gasteiger partial charge < -0.3 is 4.40 Å². The van der Waals surface area contributed by atoms with E-state index in [0.29, 0.717) is 0 Å². The van der Waals surface area contributed by atoms with Crippen molar-refractivity contribution in [3.63, 3.8) is 0 Å². The molecule has 0 aliphatic rings. The Hall–Kier alpha value is -1.24. The van der Waals surface area contributed by atoms with Crippen LogP contribution < -0.4 is 0 Å². The van der Waals surface area contributed by atoms with E-state index in [4.69, 9.17) is 0 Å². The average Bonchev–Trinajstić information content (AvgIpc) is 2.33. The lowest BCUT2D eigenvalue weighted by Gasteiger charge is -1.88. The first-order valence-corrected chi connectivity index (χ1v) is 2.98. The van der Waals surface area contributed by atoms with Crippen LogP contribution in [0.2, 0.25) is 0 Å². The third kappa shape index (κ3) is 0.617. The molecule has 0 spiro atoms. The van der Waals surface area contributed by atoms with E-state index in [9.17, 15) is 0 Å². The molecule has 0 amide bonds. The van der Waals surface area contributed by atoms with E-state index >= 15 is 0 Å². The molecule has 0 saturated heterocycles. The third-order valence-electron chi connectivity index (χ3n) is 1.44. The van der Waals surface area contributed by atoms with E-state index < -0.39 is 0 Å². The van der Waals surface area contributed by atoms with Crippen molar-refractivity contribution in [1.29, 1.82) is 0 Å². The van der Waals surface area contributed by atoms with Crippen molar-refractivity contribution in [2.45, 2.75) is 0 Å². The number of rotatable bonds is 0. The molecule has 2 aromatic rings. The molecule has 44 valence electrons. The zero-order valence-corrected chi connectivity index (χ0v) is 4.99. The molecule has 0 bridgehead atoms. The SMILES string of the molecule is [H+].c1ccn2cccc2c1. The van der Waals surface area contributed by atoms with Crippen molar-refractivity contribution in [1.82, 2.24) is 4.40 Å². The Bertz CT molecular complexity index is 283. The van der Waals surface area contributed by atoms with Crippen LogP contribution in [0.1, 0.15) is 1.43 Å².